The summed E-state index contributed by atoms with van der Waals surface area (Å²) >= 11 is 0. The topological polar surface area (TPSA) is 26.0 Å². The van der Waals surface area contributed by atoms with Gasteiger partial charge in [-0.15, -0.1) is 0 Å². The van der Waals surface area contributed by atoms with Gasteiger partial charge in [-0.3, -0.25) is 0 Å². The summed E-state index contributed by atoms with van der Waals surface area (Å²) in [6.45, 7) is 0. The molecule has 0 aliphatic heterocycles. The first-order chi connectivity index (χ1) is 6.63. The van der Waals surface area contributed by atoms with E-state index in [1.54, 1.807) is 24.3 Å². The van der Waals surface area contributed by atoms with Gasteiger partial charge >= 0.3 is 0 Å². The van der Waals surface area contributed by atoms with Crippen molar-refractivity contribution in [1.82, 2.24) is 0 Å². The summed E-state index contributed by atoms with van der Waals surface area (Å²) < 4.78 is 25.7. The lowest BCUT2D eigenvalue weighted by atomic mass is 9.90. The smallest absolute Gasteiger partial charge is 0.247 e. The molecule has 76 valence electrons. The Morgan fingerprint density at radius 2 is 1.71 bits per heavy atom. The zero-order chi connectivity index (χ0) is 10.2. The summed E-state index contributed by atoms with van der Waals surface area (Å²) in [6.07, 6.45) is -0.960. The van der Waals surface area contributed by atoms with E-state index in [2.05, 4.69) is 0 Å². The highest BCUT2D eigenvalue weighted by Gasteiger charge is 2.50. The Hall–Kier alpha value is -0.960. The fraction of sp³-hybridized carbons (Fsp3) is 0.455. The van der Waals surface area contributed by atoms with E-state index in [1.807, 2.05) is 6.07 Å². The molecule has 1 atom stereocenters. The Morgan fingerprint density at radius 1 is 1.14 bits per heavy atom. The van der Waals surface area contributed by atoms with Crippen LogP contribution in [0.4, 0.5) is 8.78 Å². The van der Waals surface area contributed by atoms with Crippen LogP contribution in [0.5, 0.6) is 0 Å². The summed E-state index contributed by atoms with van der Waals surface area (Å²) in [7, 11) is 0. The third-order valence-corrected chi connectivity index (χ3v) is 2.86. The first-order valence-corrected chi connectivity index (χ1v) is 4.75. The fourth-order valence-electron chi connectivity index (χ4n) is 1.84. The van der Waals surface area contributed by atoms with Crippen molar-refractivity contribution in [2.45, 2.75) is 30.7 Å². The van der Waals surface area contributed by atoms with Gasteiger partial charge in [-0.2, -0.15) is 0 Å². The molecule has 1 aliphatic carbocycles. The maximum Gasteiger partial charge on any atom is 0.247 e. The molecule has 1 aromatic rings. The third kappa shape index (κ3) is 1.64. The Kier molecular flexibility index (Phi) is 2.27. The van der Waals surface area contributed by atoms with Crippen molar-refractivity contribution in [1.29, 1.82) is 0 Å². The van der Waals surface area contributed by atoms with E-state index in [0.29, 0.717) is 18.4 Å². The van der Waals surface area contributed by atoms with Crippen molar-refractivity contribution in [3.05, 3.63) is 35.9 Å². The van der Waals surface area contributed by atoms with E-state index < -0.39 is 17.9 Å². The largest absolute Gasteiger partial charge is 0.324 e. The Morgan fingerprint density at radius 3 is 2.14 bits per heavy atom. The molecule has 1 aliphatic rings. The van der Waals surface area contributed by atoms with E-state index in [9.17, 15) is 8.78 Å². The molecule has 0 aromatic heterocycles. The highest BCUT2D eigenvalue weighted by atomic mass is 19.3. The predicted octanol–water partition coefficient (Wildman–Crippen LogP) is 2.53. The SMILES string of the molecule is NC1(C(c2ccccc2)C(F)F)CC1. The second-order valence-corrected chi connectivity index (χ2v) is 3.96. The molecule has 1 nitrogen and oxygen atoms in total. The van der Waals surface area contributed by atoms with Crippen molar-refractivity contribution < 1.29 is 8.78 Å². The van der Waals surface area contributed by atoms with E-state index in [4.69, 9.17) is 5.73 Å². The molecular weight excluding hydrogens is 184 g/mol. The molecule has 0 radical (unpaired) electrons. The average molecular weight is 197 g/mol. The van der Waals surface area contributed by atoms with Crippen LogP contribution in [0.2, 0.25) is 0 Å². The zero-order valence-corrected chi connectivity index (χ0v) is 7.79. The highest BCUT2D eigenvalue weighted by Crippen LogP contribution is 2.47. The van der Waals surface area contributed by atoms with Crippen LogP contribution in [0, 0.1) is 0 Å². The van der Waals surface area contributed by atoms with Gasteiger partial charge in [0, 0.05) is 5.54 Å². The molecule has 1 fully saturated rings. The molecule has 0 heterocycles. The van der Waals surface area contributed by atoms with Gasteiger partial charge < -0.3 is 5.73 Å². The zero-order valence-electron chi connectivity index (χ0n) is 7.79. The second kappa shape index (κ2) is 3.31. The van der Waals surface area contributed by atoms with Crippen LogP contribution in [-0.2, 0) is 0 Å². The van der Waals surface area contributed by atoms with E-state index >= 15 is 0 Å². The monoisotopic (exact) mass is 197 g/mol. The quantitative estimate of drug-likeness (QED) is 0.791. The summed E-state index contributed by atoms with van der Waals surface area (Å²) in [5.74, 6) is -0.802. The molecule has 0 bridgehead atoms. The minimum absolute atomic E-state index is 0.655. The number of benzene rings is 1. The minimum atomic E-state index is -2.37. The molecule has 14 heavy (non-hydrogen) atoms. The summed E-state index contributed by atoms with van der Waals surface area (Å²) in [5, 5.41) is 0. The van der Waals surface area contributed by atoms with Gasteiger partial charge in [-0.25, -0.2) is 8.78 Å². The number of hydrogen-bond acceptors (Lipinski definition) is 1. The Balaban J connectivity index is 2.28. The molecule has 3 heteroatoms. The molecule has 1 aromatic carbocycles. The second-order valence-electron chi connectivity index (χ2n) is 3.96. The molecule has 0 saturated heterocycles. The Bertz CT molecular complexity index is 306. The lowest BCUT2D eigenvalue weighted by Gasteiger charge is -2.22. The highest BCUT2D eigenvalue weighted by molar-refractivity contribution is 5.28. The lowest BCUT2D eigenvalue weighted by molar-refractivity contribution is 0.0975. The maximum absolute atomic E-state index is 12.8. The van der Waals surface area contributed by atoms with Crippen molar-refractivity contribution in [3.8, 4) is 0 Å². The Labute approximate surface area is 81.9 Å². The molecule has 0 amide bonds. The summed E-state index contributed by atoms with van der Waals surface area (Å²) in [6, 6.07) is 8.82. The third-order valence-electron chi connectivity index (χ3n) is 2.86. The van der Waals surface area contributed by atoms with Gasteiger partial charge in [0.2, 0.25) is 6.43 Å². The number of alkyl halides is 2. The standard InChI is InChI=1S/C11H13F2N/c12-10(13)9(11(14)6-7-11)8-4-2-1-3-5-8/h1-5,9-10H,6-7,14H2. The molecule has 1 saturated carbocycles. The van der Waals surface area contributed by atoms with Crippen LogP contribution in [-0.4, -0.2) is 12.0 Å². The fourth-order valence-corrected chi connectivity index (χ4v) is 1.84. The van der Waals surface area contributed by atoms with Gasteiger partial charge in [-0.1, -0.05) is 30.3 Å². The van der Waals surface area contributed by atoms with Crippen molar-refractivity contribution in [3.63, 3.8) is 0 Å². The van der Waals surface area contributed by atoms with Crippen LogP contribution in [0.1, 0.15) is 24.3 Å². The first kappa shape index (κ1) is 9.59. The number of halogens is 2. The van der Waals surface area contributed by atoms with Gasteiger partial charge in [-0.05, 0) is 18.4 Å². The van der Waals surface area contributed by atoms with Crippen LogP contribution in [0.15, 0.2) is 30.3 Å². The van der Waals surface area contributed by atoms with Crippen LogP contribution >= 0.6 is 0 Å². The van der Waals surface area contributed by atoms with Gasteiger partial charge in [0.1, 0.15) is 0 Å². The van der Waals surface area contributed by atoms with Gasteiger partial charge in [0.15, 0.2) is 0 Å². The number of hydrogen-bond donors (Lipinski definition) is 1. The first-order valence-electron chi connectivity index (χ1n) is 4.75. The summed E-state index contributed by atoms with van der Waals surface area (Å²) in [4.78, 5) is 0. The molecule has 2 N–H and O–H groups in total. The van der Waals surface area contributed by atoms with E-state index in [-0.39, 0.29) is 0 Å². The van der Waals surface area contributed by atoms with Gasteiger partial charge in [0.05, 0.1) is 5.92 Å². The lowest BCUT2D eigenvalue weighted by Crippen LogP contribution is -2.35. The molecular formula is C11H13F2N. The van der Waals surface area contributed by atoms with E-state index in [0.717, 1.165) is 0 Å². The predicted molar refractivity (Wildman–Crippen MR) is 51.3 cm³/mol. The normalized spacial score (nSPS) is 20.9. The molecule has 1 unspecified atom stereocenters. The van der Waals surface area contributed by atoms with Crippen molar-refractivity contribution in [2.75, 3.05) is 0 Å². The van der Waals surface area contributed by atoms with Crippen molar-refractivity contribution >= 4 is 0 Å². The summed E-state index contributed by atoms with van der Waals surface area (Å²) in [5.41, 5.74) is 5.84. The van der Waals surface area contributed by atoms with Gasteiger partial charge in [0.25, 0.3) is 0 Å². The van der Waals surface area contributed by atoms with Crippen LogP contribution < -0.4 is 5.73 Å². The van der Waals surface area contributed by atoms with Crippen LogP contribution in [0.25, 0.3) is 0 Å². The average Bonchev–Trinajstić information content (AvgIpc) is 2.85. The molecule has 2 rings (SSSR count). The minimum Gasteiger partial charge on any atom is -0.324 e. The molecule has 0 spiro atoms. The maximum atomic E-state index is 12.8. The number of rotatable bonds is 3. The van der Waals surface area contributed by atoms with Crippen LogP contribution in [0.3, 0.4) is 0 Å². The van der Waals surface area contributed by atoms with E-state index in [1.165, 1.54) is 0 Å². The van der Waals surface area contributed by atoms with Crippen molar-refractivity contribution in [2.24, 2.45) is 5.73 Å². The number of nitrogens with two attached hydrogens (primary N) is 1.